The Labute approximate surface area is 232 Å². The number of alkyl carbamates (subject to hydrolysis) is 1. The summed E-state index contributed by atoms with van der Waals surface area (Å²) in [7, 11) is 0. The molecule has 0 aromatic heterocycles. The molecule has 0 spiro atoms. The van der Waals surface area contributed by atoms with E-state index in [0.29, 0.717) is 27.6 Å². The fourth-order valence-electron chi connectivity index (χ4n) is 3.77. The monoisotopic (exact) mass is 565 g/mol. The standard InChI is InChI=1S/C27H36ClN3O6S/c1-17-8-6-11-20(28)22(17)30-24(34)23(18-9-7-10-19(33)16-18)31(13-14-32)25(35)21(12-15-38-5)29-26(36)37-27(2,3)4/h6-11,16,21,23,32-33H,12-15H2,1-5H3,(H,29,36)(H,30,34). The van der Waals surface area contributed by atoms with Gasteiger partial charge in [0.15, 0.2) is 0 Å². The van der Waals surface area contributed by atoms with Crippen LogP contribution < -0.4 is 10.6 Å². The van der Waals surface area contributed by atoms with Gasteiger partial charge >= 0.3 is 6.09 Å². The Morgan fingerprint density at radius 3 is 2.42 bits per heavy atom. The highest BCUT2D eigenvalue weighted by atomic mass is 35.5. The summed E-state index contributed by atoms with van der Waals surface area (Å²) in [5, 5.41) is 25.8. The molecule has 0 radical (unpaired) electrons. The van der Waals surface area contributed by atoms with Gasteiger partial charge in [-0.15, -0.1) is 0 Å². The van der Waals surface area contributed by atoms with E-state index in [4.69, 9.17) is 16.3 Å². The number of aryl methyl sites for hydroxylation is 1. The largest absolute Gasteiger partial charge is 0.508 e. The van der Waals surface area contributed by atoms with Gasteiger partial charge in [-0.2, -0.15) is 11.8 Å². The van der Waals surface area contributed by atoms with Crippen LogP contribution in [0.1, 0.15) is 44.4 Å². The molecule has 2 atom stereocenters. The van der Waals surface area contributed by atoms with E-state index in [1.54, 1.807) is 58.0 Å². The third-order valence-electron chi connectivity index (χ3n) is 5.44. The van der Waals surface area contributed by atoms with E-state index in [-0.39, 0.29) is 18.7 Å². The summed E-state index contributed by atoms with van der Waals surface area (Å²) in [6, 6.07) is 8.85. The predicted octanol–water partition coefficient (Wildman–Crippen LogP) is 4.50. The van der Waals surface area contributed by atoms with Crippen molar-refractivity contribution in [2.45, 2.75) is 51.8 Å². The Bertz CT molecular complexity index is 1100. The molecule has 0 bridgehead atoms. The number of phenolic OH excluding ortho intramolecular Hbond substituents is 1. The van der Waals surface area contributed by atoms with E-state index in [2.05, 4.69) is 10.6 Å². The average Bonchev–Trinajstić information content (AvgIpc) is 2.82. The first-order valence-electron chi connectivity index (χ1n) is 12.1. The van der Waals surface area contributed by atoms with Crippen LogP contribution in [0, 0.1) is 6.92 Å². The summed E-state index contributed by atoms with van der Waals surface area (Å²) >= 11 is 7.82. The molecular formula is C27H36ClN3O6S. The van der Waals surface area contributed by atoms with E-state index in [1.807, 2.05) is 6.26 Å². The van der Waals surface area contributed by atoms with Crippen LogP contribution in [0.25, 0.3) is 0 Å². The van der Waals surface area contributed by atoms with Gasteiger partial charge in [0.25, 0.3) is 5.91 Å². The quantitative estimate of drug-likeness (QED) is 0.316. The van der Waals surface area contributed by atoms with Crippen molar-refractivity contribution < 1.29 is 29.3 Å². The highest BCUT2D eigenvalue weighted by Crippen LogP contribution is 2.30. The van der Waals surface area contributed by atoms with Crippen LogP contribution in [0.4, 0.5) is 10.5 Å². The molecule has 208 valence electrons. The molecular weight excluding hydrogens is 530 g/mol. The van der Waals surface area contributed by atoms with Crippen LogP contribution in [0.3, 0.4) is 0 Å². The van der Waals surface area contributed by atoms with E-state index < -0.39 is 42.2 Å². The van der Waals surface area contributed by atoms with Crippen molar-refractivity contribution in [2.75, 3.05) is 30.5 Å². The Morgan fingerprint density at radius 2 is 1.84 bits per heavy atom. The number of para-hydroxylation sites is 1. The number of aliphatic hydroxyl groups is 1. The highest BCUT2D eigenvalue weighted by molar-refractivity contribution is 7.98. The summed E-state index contributed by atoms with van der Waals surface area (Å²) in [6.07, 6.45) is 1.36. The molecule has 2 aromatic carbocycles. The van der Waals surface area contributed by atoms with Crippen LogP contribution in [0.5, 0.6) is 5.75 Å². The molecule has 3 amide bonds. The molecule has 0 aliphatic rings. The molecule has 0 fully saturated rings. The van der Waals surface area contributed by atoms with Gasteiger partial charge < -0.3 is 30.5 Å². The van der Waals surface area contributed by atoms with Gasteiger partial charge in [-0.05, 0) is 75.5 Å². The van der Waals surface area contributed by atoms with E-state index >= 15 is 0 Å². The average molecular weight is 566 g/mol. The first-order chi connectivity index (χ1) is 17.9. The number of thioether (sulfide) groups is 1. The van der Waals surface area contributed by atoms with Crippen molar-refractivity contribution in [2.24, 2.45) is 0 Å². The summed E-state index contributed by atoms with van der Waals surface area (Å²) in [5.41, 5.74) is 0.630. The molecule has 0 aliphatic carbocycles. The molecule has 2 unspecified atom stereocenters. The Morgan fingerprint density at radius 1 is 1.16 bits per heavy atom. The van der Waals surface area contributed by atoms with Gasteiger partial charge in [0.05, 0.1) is 17.3 Å². The molecule has 0 saturated carbocycles. The van der Waals surface area contributed by atoms with Gasteiger partial charge in [-0.25, -0.2) is 4.79 Å². The van der Waals surface area contributed by atoms with Crippen molar-refractivity contribution in [3.63, 3.8) is 0 Å². The van der Waals surface area contributed by atoms with Crippen molar-refractivity contribution in [3.05, 3.63) is 58.6 Å². The molecule has 2 aromatic rings. The highest BCUT2D eigenvalue weighted by Gasteiger charge is 2.36. The summed E-state index contributed by atoms with van der Waals surface area (Å²) in [4.78, 5) is 41.4. The molecule has 11 heteroatoms. The Balaban J connectivity index is 2.52. The minimum atomic E-state index is -1.25. The lowest BCUT2D eigenvalue weighted by Gasteiger charge is -2.34. The minimum absolute atomic E-state index is 0.101. The molecule has 4 N–H and O–H groups in total. The third kappa shape index (κ3) is 9.11. The molecule has 0 heterocycles. The summed E-state index contributed by atoms with van der Waals surface area (Å²) in [5.74, 6) is -0.745. The van der Waals surface area contributed by atoms with Crippen LogP contribution >= 0.6 is 23.4 Å². The molecule has 2 rings (SSSR count). The molecule has 38 heavy (non-hydrogen) atoms. The topological polar surface area (TPSA) is 128 Å². The second kappa shape index (κ2) is 14.3. The van der Waals surface area contributed by atoms with Gasteiger partial charge in [-0.3, -0.25) is 9.59 Å². The van der Waals surface area contributed by atoms with E-state index in [1.165, 1.54) is 28.8 Å². The van der Waals surface area contributed by atoms with Crippen molar-refractivity contribution in [3.8, 4) is 5.75 Å². The fourth-order valence-corrected chi connectivity index (χ4v) is 4.51. The number of anilines is 1. The van der Waals surface area contributed by atoms with Gasteiger partial charge in [0.2, 0.25) is 5.91 Å². The zero-order valence-electron chi connectivity index (χ0n) is 22.3. The van der Waals surface area contributed by atoms with Crippen LogP contribution in [0.2, 0.25) is 5.02 Å². The Hall–Kier alpha value is -2.95. The second-order valence-corrected chi connectivity index (χ2v) is 11.0. The van der Waals surface area contributed by atoms with Crippen LogP contribution in [-0.2, 0) is 14.3 Å². The second-order valence-electron chi connectivity index (χ2n) is 9.65. The maximum absolute atomic E-state index is 13.9. The predicted molar refractivity (Wildman–Crippen MR) is 151 cm³/mol. The number of carbonyl (C=O) groups is 3. The third-order valence-corrected chi connectivity index (χ3v) is 6.40. The number of rotatable bonds is 11. The summed E-state index contributed by atoms with van der Waals surface area (Å²) in [6.45, 7) is 6.26. The molecule has 0 aliphatic heterocycles. The number of halogens is 1. The van der Waals surface area contributed by atoms with Crippen molar-refractivity contribution in [1.29, 1.82) is 0 Å². The number of nitrogens with zero attached hydrogens (tertiary/aromatic N) is 1. The van der Waals surface area contributed by atoms with Gasteiger partial charge in [-0.1, -0.05) is 35.9 Å². The lowest BCUT2D eigenvalue weighted by molar-refractivity contribution is -0.141. The maximum Gasteiger partial charge on any atom is 0.408 e. The van der Waals surface area contributed by atoms with E-state index in [0.717, 1.165) is 0 Å². The summed E-state index contributed by atoms with van der Waals surface area (Å²) < 4.78 is 5.35. The van der Waals surface area contributed by atoms with Gasteiger partial charge in [0, 0.05) is 6.54 Å². The van der Waals surface area contributed by atoms with Crippen LogP contribution in [-0.4, -0.2) is 69.8 Å². The number of phenols is 1. The smallest absolute Gasteiger partial charge is 0.408 e. The number of ether oxygens (including phenoxy) is 1. The number of carbonyl (C=O) groups excluding carboxylic acids is 3. The zero-order valence-corrected chi connectivity index (χ0v) is 23.9. The first-order valence-corrected chi connectivity index (χ1v) is 13.9. The Kier molecular flexibility index (Phi) is 11.7. The number of aliphatic hydroxyl groups excluding tert-OH is 1. The first kappa shape index (κ1) is 31.3. The van der Waals surface area contributed by atoms with Crippen molar-refractivity contribution in [1.82, 2.24) is 10.2 Å². The number of amides is 3. The van der Waals surface area contributed by atoms with Gasteiger partial charge in [0.1, 0.15) is 23.4 Å². The maximum atomic E-state index is 13.9. The zero-order chi connectivity index (χ0) is 28.5. The lowest BCUT2D eigenvalue weighted by Crippen LogP contribution is -2.53. The SMILES string of the molecule is CSCCC(NC(=O)OC(C)(C)C)C(=O)N(CCO)C(C(=O)Nc1c(C)cccc1Cl)c1cccc(O)c1. The molecule has 9 nitrogen and oxygen atoms in total. The number of hydrogen-bond acceptors (Lipinski definition) is 7. The minimum Gasteiger partial charge on any atom is -0.508 e. The fraction of sp³-hybridized carbons (Fsp3) is 0.444. The molecule has 0 saturated heterocycles. The van der Waals surface area contributed by atoms with Crippen molar-refractivity contribution >= 4 is 47.0 Å². The number of aromatic hydroxyl groups is 1. The van der Waals surface area contributed by atoms with E-state index in [9.17, 15) is 24.6 Å². The number of nitrogens with one attached hydrogen (secondary N) is 2. The number of hydrogen-bond donors (Lipinski definition) is 4. The normalized spacial score (nSPS) is 12.8. The van der Waals surface area contributed by atoms with Crippen LogP contribution in [0.15, 0.2) is 42.5 Å². The number of benzene rings is 2. The lowest BCUT2D eigenvalue weighted by atomic mass is 10.0.